The van der Waals surface area contributed by atoms with Crippen LogP contribution >= 0.6 is 15.6 Å². The molecule has 0 aromatic carbocycles. The van der Waals surface area contributed by atoms with Crippen molar-refractivity contribution in [1.82, 2.24) is 9.55 Å². The molecule has 2 heterocycles. The number of aliphatic hydroxyl groups excluding tert-OH is 3. The Labute approximate surface area is 439 Å². The van der Waals surface area contributed by atoms with Crippen LogP contribution in [-0.2, 0) is 46.3 Å². The predicted octanol–water partition coefficient (Wildman–Crippen LogP) is 10.3. The highest BCUT2D eigenvalue weighted by molar-refractivity contribution is 7.61. The molecule has 19 nitrogen and oxygen atoms in total. The van der Waals surface area contributed by atoms with Gasteiger partial charge in [0.15, 0.2) is 12.3 Å². The lowest BCUT2D eigenvalue weighted by Gasteiger charge is -2.21. The Morgan fingerprint density at radius 3 is 1.86 bits per heavy atom. The van der Waals surface area contributed by atoms with Gasteiger partial charge in [0.05, 0.1) is 19.3 Å². The van der Waals surface area contributed by atoms with Gasteiger partial charge >= 0.3 is 33.3 Å². The molecule has 0 radical (unpaired) electrons. The van der Waals surface area contributed by atoms with Crippen LogP contribution in [0, 0.1) is 5.92 Å². The van der Waals surface area contributed by atoms with Gasteiger partial charge in [-0.05, 0) is 56.9 Å². The first-order chi connectivity index (χ1) is 35.4. The second-order valence-corrected chi connectivity index (χ2v) is 22.1. The fraction of sp³-hybridized carbons (Fsp3) is 0.698. The van der Waals surface area contributed by atoms with Gasteiger partial charge in [0.2, 0.25) is 0 Å². The number of ether oxygens (including phenoxy) is 3. The fourth-order valence-corrected chi connectivity index (χ4v) is 9.77. The van der Waals surface area contributed by atoms with Crippen molar-refractivity contribution in [2.24, 2.45) is 5.92 Å². The van der Waals surface area contributed by atoms with Crippen molar-refractivity contribution in [3.05, 3.63) is 83.5 Å². The molecule has 1 fully saturated rings. The number of hydrogen-bond donors (Lipinski definition) is 6. The highest BCUT2D eigenvalue weighted by Crippen LogP contribution is 2.60. The van der Waals surface area contributed by atoms with Crippen molar-refractivity contribution in [2.75, 3.05) is 25.6 Å². The number of nitrogen functional groups attached to an aromatic ring is 1. The van der Waals surface area contributed by atoms with E-state index in [1.54, 1.807) is 6.08 Å². The van der Waals surface area contributed by atoms with E-state index in [1.165, 1.54) is 76.7 Å². The summed E-state index contributed by atoms with van der Waals surface area (Å²) in [6.45, 7) is 4.11. The number of esters is 2. The lowest BCUT2D eigenvalue weighted by Crippen LogP contribution is -2.36. The Morgan fingerprint density at radius 2 is 1.28 bits per heavy atom. The maximum absolute atomic E-state index is 12.9. The van der Waals surface area contributed by atoms with Crippen molar-refractivity contribution < 1.29 is 71.4 Å². The molecule has 74 heavy (non-hydrogen) atoms. The molecule has 422 valence electrons. The van der Waals surface area contributed by atoms with Gasteiger partial charge in [-0.1, -0.05) is 178 Å². The van der Waals surface area contributed by atoms with Crippen molar-refractivity contribution >= 4 is 33.4 Å². The molecule has 2 unspecified atom stereocenters. The number of anilines is 1. The molecule has 8 atom stereocenters. The summed E-state index contributed by atoms with van der Waals surface area (Å²) in [6, 6.07) is 1.24. The van der Waals surface area contributed by atoms with Crippen LogP contribution in [0.3, 0.4) is 0 Å². The zero-order chi connectivity index (χ0) is 54.5. The number of nitrogens with two attached hydrogens (primary N) is 1. The fourth-order valence-electron chi connectivity index (χ4n) is 7.66. The molecule has 0 saturated carbocycles. The molecule has 2 rings (SSSR count). The van der Waals surface area contributed by atoms with E-state index in [0.717, 1.165) is 55.2 Å². The highest BCUT2D eigenvalue weighted by Gasteiger charge is 2.46. The summed E-state index contributed by atoms with van der Waals surface area (Å²) in [6.07, 6.45) is 35.4. The molecule has 0 spiro atoms. The van der Waals surface area contributed by atoms with Gasteiger partial charge in [-0.3, -0.25) is 23.2 Å². The third-order valence-corrected chi connectivity index (χ3v) is 14.6. The third kappa shape index (κ3) is 32.8. The van der Waals surface area contributed by atoms with E-state index in [9.17, 15) is 48.6 Å². The van der Waals surface area contributed by atoms with Crippen molar-refractivity contribution in [1.29, 1.82) is 0 Å². The number of phosphoric ester groups is 2. The molecule has 1 saturated heterocycles. The lowest BCUT2D eigenvalue weighted by molar-refractivity contribution is -0.161. The molecule has 0 aliphatic carbocycles. The van der Waals surface area contributed by atoms with Gasteiger partial charge in [0, 0.05) is 19.0 Å². The van der Waals surface area contributed by atoms with Gasteiger partial charge in [-0.25, -0.2) is 13.9 Å². The number of nitrogens with zero attached hydrogens (tertiary/aromatic N) is 2. The summed E-state index contributed by atoms with van der Waals surface area (Å²) in [7, 11) is -10.9. The van der Waals surface area contributed by atoms with Gasteiger partial charge in [0.25, 0.3) is 0 Å². The van der Waals surface area contributed by atoms with Gasteiger partial charge in [-0.15, -0.1) is 0 Å². The molecule has 7 N–H and O–H groups in total. The Hall–Kier alpha value is -3.58. The van der Waals surface area contributed by atoms with E-state index in [-0.39, 0.29) is 18.7 Å². The second-order valence-electron chi connectivity index (χ2n) is 19.0. The molecular weight excluding hydrogens is 997 g/mol. The summed E-state index contributed by atoms with van der Waals surface area (Å²) in [5.41, 5.74) is 4.58. The Balaban J connectivity index is 1.81. The molecular formula is C53H89N3O16P2. The van der Waals surface area contributed by atoms with E-state index >= 15 is 0 Å². The van der Waals surface area contributed by atoms with Crippen molar-refractivity contribution in [3.63, 3.8) is 0 Å². The SMILES string of the molecule is CC[C@@H](O)/C=C/C=C\C/C=C\C/C=C\C/C=C\CCCC(=O)O[C@H](COC(=O)CCCCCCCCCCCCCCCCCC(C)C)COP(=O)(O)OP(=O)(O)OC[C@H]1O[C@@H](n2ccc(N)nc2=O)[C@H](O)[C@@H]1O. The van der Waals surface area contributed by atoms with Crippen LogP contribution < -0.4 is 11.4 Å². The van der Waals surface area contributed by atoms with Crippen LogP contribution in [0.25, 0.3) is 0 Å². The number of unbranched alkanes of at least 4 members (excludes halogenated alkanes) is 15. The average molecular weight is 1090 g/mol. The number of phosphoric acid groups is 2. The first-order valence-electron chi connectivity index (χ1n) is 26.8. The Kier molecular flexibility index (Phi) is 35.7. The van der Waals surface area contributed by atoms with Crippen LogP contribution in [0.15, 0.2) is 77.8 Å². The van der Waals surface area contributed by atoms with Crippen LogP contribution in [0.5, 0.6) is 0 Å². The van der Waals surface area contributed by atoms with Crippen LogP contribution in [-0.4, -0.2) is 96.9 Å². The summed E-state index contributed by atoms with van der Waals surface area (Å²) >= 11 is 0. The molecule has 1 aromatic rings. The quantitative estimate of drug-likeness (QED) is 0.0117. The van der Waals surface area contributed by atoms with E-state index in [4.69, 9.17) is 29.0 Å². The largest absolute Gasteiger partial charge is 0.481 e. The maximum Gasteiger partial charge on any atom is 0.481 e. The van der Waals surface area contributed by atoms with E-state index in [0.29, 0.717) is 32.1 Å². The van der Waals surface area contributed by atoms with Gasteiger partial charge in [-0.2, -0.15) is 9.29 Å². The number of allylic oxidation sites excluding steroid dienone is 9. The number of hydrogen-bond acceptors (Lipinski definition) is 16. The smallest absolute Gasteiger partial charge is 0.462 e. The summed E-state index contributed by atoms with van der Waals surface area (Å²) in [4.78, 5) is 62.0. The summed E-state index contributed by atoms with van der Waals surface area (Å²) < 4.78 is 56.8. The van der Waals surface area contributed by atoms with Gasteiger partial charge < -0.3 is 45.1 Å². The second kappa shape index (κ2) is 39.7. The van der Waals surface area contributed by atoms with Crippen molar-refractivity contribution in [3.8, 4) is 0 Å². The first kappa shape index (κ1) is 66.5. The molecule has 1 aliphatic heterocycles. The maximum atomic E-state index is 12.9. The van der Waals surface area contributed by atoms with E-state index in [2.05, 4.69) is 35.3 Å². The average Bonchev–Trinajstić information content (AvgIpc) is 3.63. The molecule has 1 aliphatic rings. The molecule has 0 amide bonds. The summed E-state index contributed by atoms with van der Waals surface area (Å²) in [5, 5.41) is 30.4. The zero-order valence-corrected chi connectivity index (χ0v) is 45.9. The highest BCUT2D eigenvalue weighted by atomic mass is 31.3. The molecule has 21 heteroatoms. The van der Waals surface area contributed by atoms with Crippen molar-refractivity contribution in [2.45, 2.75) is 212 Å². The van der Waals surface area contributed by atoms with E-state index < -0.39 is 89.8 Å². The minimum atomic E-state index is -5.45. The minimum absolute atomic E-state index is 0.0429. The number of aliphatic hydroxyl groups is 3. The van der Waals surface area contributed by atoms with Crippen LogP contribution in [0.2, 0.25) is 0 Å². The minimum Gasteiger partial charge on any atom is -0.462 e. The van der Waals surface area contributed by atoms with Crippen LogP contribution in [0.4, 0.5) is 5.82 Å². The summed E-state index contributed by atoms with van der Waals surface area (Å²) in [5.74, 6) is -0.588. The molecule has 0 bridgehead atoms. The predicted molar refractivity (Wildman–Crippen MR) is 285 cm³/mol. The number of aromatic nitrogens is 2. The Morgan fingerprint density at radius 1 is 0.743 bits per heavy atom. The monoisotopic (exact) mass is 1090 g/mol. The standard InChI is InChI=1S/C53H89N3O16P2/c1-4-44(57)35-31-27-23-19-15-11-8-9-13-17-21-25-29-33-37-49(59)70-45(40-67-48(58)36-32-28-24-20-16-12-7-5-6-10-14-18-22-26-30-34-43(2)3)41-68-73(63,64)72-74(65,66)69-42-46-50(60)51(61)52(71-46)56-39-38-47(54)55-53(56)62/h9,11,13,15,21,23,25,27,31,35,38-39,43-46,50-52,57,60-61H,4-8,10,12,14,16-20,22,24,26,28-30,32-34,36-37,40-42H2,1-3H3,(H,63,64)(H,65,66)(H2,54,55,62)/b13-9-,15-11-,25-21-,27-23-,35-31+/t44-,45-,46-,50-,51-,52-/m1/s1. The lowest BCUT2D eigenvalue weighted by atomic mass is 10.0. The number of rotatable bonds is 43. The zero-order valence-electron chi connectivity index (χ0n) is 44.2. The first-order valence-corrected chi connectivity index (χ1v) is 29.8. The van der Waals surface area contributed by atoms with E-state index in [1.807, 2.05) is 49.5 Å². The third-order valence-electron chi connectivity index (χ3n) is 12.0. The number of carbonyl (C=O) groups is 2. The van der Waals surface area contributed by atoms with Crippen LogP contribution in [0.1, 0.15) is 181 Å². The molecule has 1 aromatic heterocycles. The topological polar surface area (TPSA) is 286 Å². The normalized spacial score (nSPS) is 19.9. The Bertz CT molecular complexity index is 2010. The van der Waals surface area contributed by atoms with Gasteiger partial charge in [0.1, 0.15) is 30.7 Å². The number of carbonyl (C=O) groups excluding carboxylic acids is 2.